The van der Waals surface area contributed by atoms with E-state index in [1.165, 1.54) is 24.1 Å². The minimum atomic E-state index is 0.696. The summed E-state index contributed by atoms with van der Waals surface area (Å²) in [6.07, 6.45) is 2.40. The number of nitrogens with one attached hydrogen (secondary N) is 2. The minimum Gasteiger partial charge on any atom is -0.378 e. The van der Waals surface area contributed by atoms with Crippen molar-refractivity contribution >= 4 is 11.6 Å². The van der Waals surface area contributed by atoms with Gasteiger partial charge >= 0.3 is 0 Å². The highest BCUT2D eigenvalue weighted by Crippen LogP contribution is 2.17. The third-order valence-corrected chi connectivity index (χ3v) is 4.79. The number of hydrogen-bond acceptors (Lipinski definition) is 3. The van der Waals surface area contributed by atoms with Crippen molar-refractivity contribution in [2.45, 2.75) is 40.2 Å². The predicted octanol–water partition coefficient (Wildman–Crippen LogP) is 3.01. The molecular formula is C20H34N4O. The van der Waals surface area contributed by atoms with E-state index in [1.54, 1.807) is 0 Å². The number of hydrogen-bond donors (Lipinski definition) is 2. The van der Waals surface area contributed by atoms with Gasteiger partial charge in [-0.25, -0.2) is 4.99 Å². The molecule has 0 bridgehead atoms. The van der Waals surface area contributed by atoms with Gasteiger partial charge in [0.25, 0.3) is 0 Å². The van der Waals surface area contributed by atoms with Crippen LogP contribution < -0.4 is 15.5 Å². The van der Waals surface area contributed by atoms with Crippen LogP contribution in [0.1, 0.15) is 39.2 Å². The molecule has 0 radical (unpaired) electrons. The average Bonchev–Trinajstić information content (AvgIpc) is 2.68. The van der Waals surface area contributed by atoms with Gasteiger partial charge in [-0.15, -0.1) is 0 Å². The molecule has 5 heteroatoms. The Labute approximate surface area is 152 Å². The molecule has 2 N–H and O–H groups in total. The van der Waals surface area contributed by atoms with Crippen LogP contribution in [0.2, 0.25) is 0 Å². The molecule has 1 heterocycles. The Morgan fingerprint density at radius 2 is 1.76 bits per heavy atom. The Bertz CT molecular complexity index is 505. The van der Waals surface area contributed by atoms with Gasteiger partial charge in [0, 0.05) is 31.9 Å². The van der Waals surface area contributed by atoms with Gasteiger partial charge in [-0.2, -0.15) is 0 Å². The first-order chi connectivity index (χ1) is 12.3. The van der Waals surface area contributed by atoms with Gasteiger partial charge in [-0.05, 0) is 30.5 Å². The van der Waals surface area contributed by atoms with Gasteiger partial charge in [0.1, 0.15) is 0 Å². The molecule has 0 atom stereocenters. The van der Waals surface area contributed by atoms with Gasteiger partial charge in [0.15, 0.2) is 5.96 Å². The van der Waals surface area contributed by atoms with E-state index >= 15 is 0 Å². The van der Waals surface area contributed by atoms with Crippen molar-refractivity contribution < 1.29 is 4.74 Å². The standard InChI is InChI=1S/C20H34N4O/c1-4-17(5-2)15-22-20(21-6-3)23-16-18-7-9-19(10-8-18)24-11-13-25-14-12-24/h7-10,17H,4-6,11-16H2,1-3H3,(H2,21,22,23). The summed E-state index contributed by atoms with van der Waals surface area (Å²) in [6, 6.07) is 8.75. The second-order valence-corrected chi connectivity index (χ2v) is 6.52. The number of aliphatic imine (C=N–C) groups is 1. The molecule has 2 rings (SSSR count). The zero-order valence-corrected chi connectivity index (χ0v) is 16.1. The maximum atomic E-state index is 5.42. The monoisotopic (exact) mass is 346 g/mol. The lowest BCUT2D eigenvalue weighted by atomic mass is 10.0. The molecule has 1 aliphatic heterocycles. The Morgan fingerprint density at radius 1 is 1.08 bits per heavy atom. The molecule has 0 spiro atoms. The van der Waals surface area contributed by atoms with Crippen LogP contribution in [0.3, 0.4) is 0 Å². The van der Waals surface area contributed by atoms with Crippen LogP contribution in [0.15, 0.2) is 29.3 Å². The van der Waals surface area contributed by atoms with Gasteiger partial charge in [0.2, 0.25) is 0 Å². The fourth-order valence-electron chi connectivity index (χ4n) is 2.96. The Balaban J connectivity index is 1.90. The maximum Gasteiger partial charge on any atom is 0.191 e. The van der Waals surface area contributed by atoms with Gasteiger partial charge in [-0.3, -0.25) is 0 Å². The Hall–Kier alpha value is -1.75. The summed E-state index contributed by atoms with van der Waals surface area (Å²) in [7, 11) is 0. The molecule has 25 heavy (non-hydrogen) atoms. The highest BCUT2D eigenvalue weighted by Gasteiger charge is 2.10. The molecule has 0 aliphatic carbocycles. The van der Waals surface area contributed by atoms with Crippen LogP contribution in [0.5, 0.6) is 0 Å². The van der Waals surface area contributed by atoms with Crippen molar-refractivity contribution in [3.63, 3.8) is 0 Å². The molecular weight excluding hydrogens is 312 g/mol. The SMILES string of the molecule is CCNC(=NCc1ccc(N2CCOCC2)cc1)NCC(CC)CC. The van der Waals surface area contributed by atoms with Crippen LogP contribution in [-0.4, -0.2) is 45.4 Å². The number of anilines is 1. The number of rotatable bonds is 8. The number of nitrogens with zero attached hydrogens (tertiary/aromatic N) is 2. The second-order valence-electron chi connectivity index (χ2n) is 6.52. The van der Waals surface area contributed by atoms with Crippen LogP contribution in [-0.2, 0) is 11.3 Å². The van der Waals surface area contributed by atoms with Gasteiger partial charge in [0.05, 0.1) is 19.8 Å². The average molecular weight is 347 g/mol. The van der Waals surface area contributed by atoms with E-state index < -0.39 is 0 Å². The summed E-state index contributed by atoms with van der Waals surface area (Å²) in [4.78, 5) is 7.10. The third kappa shape index (κ3) is 6.58. The van der Waals surface area contributed by atoms with Gasteiger partial charge < -0.3 is 20.3 Å². The summed E-state index contributed by atoms with van der Waals surface area (Å²) in [6.45, 7) is 12.7. The number of benzene rings is 1. The highest BCUT2D eigenvalue weighted by atomic mass is 16.5. The van der Waals surface area contributed by atoms with Crippen LogP contribution in [0.4, 0.5) is 5.69 Å². The molecule has 0 unspecified atom stereocenters. The first kappa shape index (κ1) is 19.6. The lowest BCUT2D eigenvalue weighted by molar-refractivity contribution is 0.122. The van der Waals surface area contributed by atoms with E-state index in [4.69, 9.17) is 9.73 Å². The number of morpholine rings is 1. The van der Waals surface area contributed by atoms with Crippen molar-refractivity contribution in [1.82, 2.24) is 10.6 Å². The zero-order valence-electron chi connectivity index (χ0n) is 16.1. The Morgan fingerprint density at radius 3 is 2.36 bits per heavy atom. The van der Waals surface area contributed by atoms with Crippen LogP contribution in [0.25, 0.3) is 0 Å². The van der Waals surface area contributed by atoms with E-state index in [0.29, 0.717) is 12.5 Å². The summed E-state index contributed by atoms with van der Waals surface area (Å²) in [5.41, 5.74) is 2.51. The highest BCUT2D eigenvalue weighted by molar-refractivity contribution is 5.79. The predicted molar refractivity (Wildman–Crippen MR) is 106 cm³/mol. The number of guanidine groups is 1. The summed E-state index contributed by atoms with van der Waals surface area (Å²) in [5, 5.41) is 6.81. The molecule has 0 aromatic heterocycles. The normalized spacial score (nSPS) is 15.5. The minimum absolute atomic E-state index is 0.696. The second kappa shape index (κ2) is 11.0. The molecule has 0 saturated carbocycles. The topological polar surface area (TPSA) is 48.9 Å². The fourth-order valence-corrected chi connectivity index (χ4v) is 2.96. The third-order valence-electron chi connectivity index (χ3n) is 4.79. The van der Waals surface area contributed by atoms with Crippen molar-refractivity contribution in [2.75, 3.05) is 44.3 Å². The fraction of sp³-hybridized carbons (Fsp3) is 0.650. The molecule has 1 aromatic carbocycles. The number of ether oxygens (including phenoxy) is 1. The van der Waals surface area contributed by atoms with Gasteiger partial charge in [-0.1, -0.05) is 38.8 Å². The summed E-state index contributed by atoms with van der Waals surface area (Å²) in [5.74, 6) is 1.61. The lowest BCUT2D eigenvalue weighted by Gasteiger charge is -2.28. The molecule has 0 amide bonds. The van der Waals surface area contributed by atoms with E-state index in [-0.39, 0.29) is 0 Å². The van der Waals surface area contributed by atoms with E-state index in [0.717, 1.165) is 45.4 Å². The van der Waals surface area contributed by atoms with E-state index in [2.05, 4.69) is 60.6 Å². The molecule has 5 nitrogen and oxygen atoms in total. The van der Waals surface area contributed by atoms with Crippen molar-refractivity contribution in [2.24, 2.45) is 10.9 Å². The zero-order chi connectivity index (χ0) is 17.9. The van der Waals surface area contributed by atoms with Crippen molar-refractivity contribution in [3.8, 4) is 0 Å². The molecule has 1 aliphatic rings. The Kier molecular flexibility index (Phi) is 8.60. The van der Waals surface area contributed by atoms with E-state index in [9.17, 15) is 0 Å². The first-order valence-electron chi connectivity index (χ1n) is 9.70. The molecule has 1 fully saturated rings. The van der Waals surface area contributed by atoms with Crippen LogP contribution in [0, 0.1) is 5.92 Å². The smallest absolute Gasteiger partial charge is 0.191 e. The largest absolute Gasteiger partial charge is 0.378 e. The summed E-state index contributed by atoms with van der Waals surface area (Å²) < 4.78 is 5.42. The quantitative estimate of drug-likeness (QED) is 0.561. The van der Waals surface area contributed by atoms with E-state index in [1.807, 2.05) is 0 Å². The maximum absolute atomic E-state index is 5.42. The van der Waals surface area contributed by atoms with Crippen molar-refractivity contribution in [1.29, 1.82) is 0 Å². The van der Waals surface area contributed by atoms with Crippen molar-refractivity contribution in [3.05, 3.63) is 29.8 Å². The first-order valence-corrected chi connectivity index (χ1v) is 9.70. The van der Waals surface area contributed by atoms with Crippen LogP contribution >= 0.6 is 0 Å². The molecule has 1 saturated heterocycles. The summed E-state index contributed by atoms with van der Waals surface area (Å²) >= 11 is 0. The molecule has 140 valence electrons. The lowest BCUT2D eigenvalue weighted by Crippen LogP contribution is -2.39. The molecule has 1 aromatic rings.